The van der Waals surface area contributed by atoms with Gasteiger partial charge in [0.1, 0.15) is 11.5 Å². The van der Waals surface area contributed by atoms with Crippen molar-refractivity contribution in [2.45, 2.75) is 13.5 Å². The number of carbonyl (C=O) groups is 1. The highest BCUT2D eigenvalue weighted by Gasteiger charge is 2.23. The van der Waals surface area contributed by atoms with E-state index >= 15 is 0 Å². The molecule has 1 N–H and O–H groups in total. The van der Waals surface area contributed by atoms with E-state index < -0.39 is 0 Å². The second-order valence-corrected chi connectivity index (χ2v) is 9.74. The number of methoxy groups -OCH3 is 2. The molecule has 3 heterocycles. The molecule has 0 aliphatic carbocycles. The Balaban J connectivity index is 1.24. The van der Waals surface area contributed by atoms with Crippen LogP contribution in [0.5, 0.6) is 11.5 Å². The number of carbonyl (C=O) groups excluding carboxylic acids is 1. The summed E-state index contributed by atoms with van der Waals surface area (Å²) in [4.78, 5) is 34.8. The molecule has 1 aliphatic rings. The maximum absolute atomic E-state index is 12.8. The Morgan fingerprint density at radius 2 is 1.78 bits per heavy atom. The third-order valence-electron chi connectivity index (χ3n) is 6.28. The number of aryl methyl sites for hydroxylation is 1. The number of piperazine rings is 1. The summed E-state index contributed by atoms with van der Waals surface area (Å²) in [6.45, 7) is 4.98. The van der Waals surface area contributed by atoms with Crippen molar-refractivity contribution in [3.63, 3.8) is 0 Å². The van der Waals surface area contributed by atoms with Crippen LogP contribution in [0.3, 0.4) is 0 Å². The SMILES string of the molecule is COc1ccc(C)cc1NC(=O)N1CCN(Cc2cc(=O)n3nc(-c4ccccc4OC)sc3n2)CC1. The molecular weight excluding hydrogens is 492 g/mol. The molecule has 0 radical (unpaired) electrons. The van der Waals surface area contributed by atoms with Crippen LogP contribution in [0.4, 0.5) is 10.5 Å². The van der Waals surface area contributed by atoms with E-state index in [9.17, 15) is 9.59 Å². The number of rotatable bonds is 6. The first-order valence-corrected chi connectivity index (χ1v) is 12.7. The Hall–Kier alpha value is -3.96. The first kappa shape index (κ1) is 24.7. The smallest absolute Gasteiger partial charge is 0.322 e. The number of anilines is 1. The van der Waals surface area contributed by atoms with E-state index in [1.165, 1.54) is 21.9 Å². The highest BCUT2D eigenvalue weighted by Crippen LogP contribution is 2.32. The molecule has 0 bridgehead atoms. The van der Waals surface area contributed by atoms with Gasteiger partial charge in [0, 0.05) is 38.8 Å². The van der Waals surface area contributed by atoms with Gasteiger partial charge in [-0.05, 0) is 36.8 Å². The molecular formula is C26H28N6O4S. The number of hydrogen-bond acceptors (Lipinski definition) is 8. The van der Waals surface area contributed by atoms with Crippen LogP contribution < -0.4 is 20.3 Å². The fourth-order valence-electron chi connectivity index (χ4n) is 4.32. The van der Waals surface area contributed by atoms with E-state index in [-0.39, 0.29) is 11.6 Å². The zero-order valence-electron chi connectivity index (χ0n) is 20.9. The molecule has 37 heavy (non-hydrogen) atoms. The van der Waals surface area contributed by atoms with E-state index in [0.29, 0.717) is 65.6 Å². The molecule has 0 spiro atoms. The number of benzene rings is 2. The van der Waals surface area contributed by atoms with Crippen molar-refractivity contribution in [2.75, 3.05) is 45.7 Å². The molecule has 1 aliphatic heterocycles. The summed E-state index contributed by atoms with van der Waals surface area (Å²) >= 11 is 1.35. The molecule has 1 fully saturated rings. The minimum absolute atomic E-state index is 0.158. The molecule has 0 unspecified atom stereocenters. The van der Waals surface area contributed by atoms with Gasteiger partial charge in [0.05, 0.1) is 31.2 Å². The largest absolute Gasteiger partial charge is 0.496 e. The molecule has 2 aromatic heterocycles. The van der Waals surface area contributed by atoms with Gasteiger partial charge in [0.25, 0.3) is 5.56 Å². The lowest BCUT2D eigenvalue weighted by Gasteiger charge is -2.34. The summed E-state index contributed by atoms with van der Waals surface area (Å²) in [7, 11) is 3.19. The predicted octanol–water partition coefficient (Wildman–Crippen LogP) is 3.49. The second-order valence-electron chi connectivity index (χ2n) is 8.78. The average molecular weight is 521 g/mol. The summed E-state index contributed by atoms with van der Waals surface area (Å²) in [6.07, 6.45) is 0. The third-order valence-corrected chi connectivity index (χ3v) is 7.22. The Kier molecular flexibility index (Phi) is 7.06. The van der Waals surface area contributed by atoms with Crippen molar-refractivity contribution in [1.29, 1.82) is 0 Å². The minimum Gasteiger partial charge on any atom is -0.496 e. The van der Waals surface area contributed by atoms with Crippen molar-refractivity contribution in [3.8, 4) is 22.1 Å². The van der Waals surface area contributed by atoms with Gasteiger partial charge in [-0.25, -0.2) is 9.78 Å². The Bertz CT molecular complexity index is 1490. The first-order chi connectivity index (χ1) is 17.9. The standard InChI is InChI=1S/C26H28N6O4S/c1-17-8-9-22(36-3)20(14-17)28-25(34)31-12-10-30(11-13-31)16-18-15-23(33)32-26(27-18)37-24(29-32)19-6-4-5-7-21(19)35-2/h4-9,14-15H,10-13,16H2,1-3H3,(H,28,34). The Morgan fingerprint density at radius 1 is 1.03 bits per heavy atom. The van der Waals surface area contributed by atoms with E-state index in [4.69, 9.17) is 14.5 Å². The predicted molar refractivity (Wildman–Crippen MR) is 143 cm³/mol. The van der Waals surface area contributed by atoms with Crippen LogP contribution in [0.15, 0.2) is 53.3 Å². The number of ether oxygens (including phenoxy) is 2. The lowest BCUT2D eigenvalue weighted by atomic mass is 10.2. The molecule has 1 saturated heterocycles. The van der Waals surface area contributed by atoms with Gasteiger partial charge in [-0.2, -0.15) is 9.61 Å². The van der Waals surface area contributed by atoms with Crippen molar-refractivity contribution < 1.29 is 14.3 Å². The number of aromatic nitrogens is 3. The average Bonchev–Trinajstić information content (AvgIpc) is 3.34. The van der Waals surface area contributed by atoms with E-state index in [0.717, 1.165) is 11.1 Å². The van der Waals surface area contributed by atoms with Crippen molar-refractivity contribution >= 4 is 28.0 Å². The molecule has 192 valence electrons. The zero-order chi connectivity index (χ0) is 25.9. The molecule has 10 nitrogen and oxygen atoms in total. The normalized spacial score (nSPS) is 14.1. The maximum Gasteiger partial charge on any atom is 0.322 e. The number of hydrogen-bond donors (Lipinski definition) is 1. The fraction of sp³-hybridized carbons (Fsp3) is 0.308. The van der Waals surface area contributed by atoms with Crippen LogP contribution in [-0.4, -0.2) is 70.8 Å². The molecule has 2 amide bonds. The quantitative estimate of drug-likeness (QED) is 0.415. The number of nitrogens with one attached hydrogen (secondary N) is 1. The topological polar surface area (TPSA) is 101 Å². The van der Waals surface area contributed by atoms with Crippen LogP contribution in [-0.2, 0) is 6.54 Å². The highest BCUT2D eigenvalue weighted by atomic mass is 32.1. The van der Waals surface area contributed by atoms with Crippen LogP contribution in [0, 0.1) is 6.92 Å². The highest BCUT2D eigenvalue weighted by molar-refractivity contribution is 7.19. The maximum atomic E-state index is 12.8. The molecule has 0 atom stereocenters. The van der Waals surface area contributed by atoms with Gasteiger partial charge in [0.15, 0.2) is 5.01 Å². The van der Waals surface area contributed by atoms with Crippen molar-refractivity contribution in [2.24, 2.45) is 0 Å². The third kappa shape index (κ3) is 5.27. The monoisotopic (exact) mass is 520 g/mol. The van der Waals surface area contributed by atoms with Crippen LogP contribution in [0.1, 0.15) is 11.3 Å². The van der Waals surface area contributed by atoms with E-state index in [1.54, 1.807) is 19.1 Å². The second kappa shape index (κ2) is 10.6. The van der Waals surface area contributed by atoms with Gasteiger partial charge >= 0.3 is 6.03 Å². The summed E-state index contributed by atoms with van der Waals surface area (Å²) in [6, 6.07) is 14.6. The lowest BCUT2D eigenvalue weighted by molar-refractivity contribution is 0.142. The molecule has 11 heteroatoms. The van der Waals surface area contributed by atoms with Gasteiger partial charge in [-0.1, -0.05) is 29.5 Å². The van der Waals surface area contributed by atoms with Crippen LogP contribution in [0.2, 0.25) is 0 Å². The fourth-order valence-corrected chi connectivity index (χ4v) is 5.27. The number of amides is 2. The van der Waals surface area contributed by atoms with Crippen LogP contribution >= 0.6 is 11.3 Å². The van der Waals surface area contributed by atoms with Gasteiger partial charge in [0.2, 0.25) is 4.96 Å². The first-order valence-electron chi connectivity index (χ1n) is 11.9. The van der Waals surface area contributed by atoms with Crippen molar-refractivity contribution in [1.82, 2.24) is 24.4 Å². The molecule has 0 saturated carbocycles. The lowest BCUT2D eigenvalue weighted by Crippen LogP contribution is -2.49. The minimum atomic E-state index is -0.220. The summed E-state index contributed by atoms with van der Waals surface area (Å²) in [5.41, 5.74) is 2.98. The summed E-state index contributed by atoms with van der Waals surface area (Å²) in [5, 5.41) is 8.10. The van der Waals surface area contributed by atoms with Gasteiger partial charge < -0.3 is 19.7 Å². The van der Waals surface area contributed by atoms with E-state index in [1.807, 2.05) is 49.4 Å². The number of nitrogens with zero attached hydrogens (tertiary/aromatic N) is 5. The summed E-state index contributed by atoms with van der Waals surface area (Å²) in [5.74, 6) is 1.32. The summed E-state index contributed by atoms with van der Waals surface area (Å²) < 4.78 is 12.1. The molecule has 4 aromatic rings. The Labute approximate surface area is 218 Å². The van der Waals surface area contributed by atoms with Crippen molar-refractivity contribution in [3.05, 3.63) is 70.1 Å². The number of urea groups is 1. The number of para-hydroxylation sites is 1. The van der Waals surface area contributed by atoms with Crippen LogP contribution in [0.25, 0.3) is 15.5 Å². The molecule has 2 aromatic carbocycles. The Morgan fingerprint density at radius 3 is 2.54 bits per heavy atom. The van der Waals surface area contributed by atoms with Gasteiger partial charge in [-0.3, -0.25) is 9.69 Å². The molecule has 5 rings (SSSR count). The zero-order valence-corrected chi connectivity index (χ0v) is 21.7. The van der Waals surface area contributed by atoms with E-state index in [2.05, 4.69) is 15.3 Å². The van der Waals surface area contributed by atoms with Gasteiger partial charge in [-0.15, -0.1) is 0 Å². The number of fused-ring (bicyclic) bond motifs is 1.